The molecule has 1 heterocycles. The van der Waals surface area contributed by atoms with Crippen LogP contribution in [0.4, 0.5) is 11.4 Å². The normalized spacial score (nSPS) is 16.2. The Morgan fingerprint density at radius 1 is 1.18 bits per heavy atom. The van der Waals surface area contributed by atoms with Crippen LogP contribution in [0.5, 0.6) is 5.75 Å². The Bertz CT molecular complexity index is 1110. The van der Waals surface area contributed by atoms with E-state index in [-0.39, 0.29) is 40.8 Å². The standard InChI is InChI=1S/C17H17ClN2O6S2/c1-2-26-15-8-7-14(20-17(21)9-10-27(20,22)23)11-16(15)28(24,25)19-13-5-3-12(18)4-6-13/h3-8,11,19H,2,9-10H2,1H3. The van der Waals surface area contributed by atoms with Crippen LogP contribution < -0.4 is 13.8 Å². The molecule has 0 spiro atoms. The molecule has 1 amide bonds. The summed E-state index contributed by atoms with van der Waals surface area (Å²) < 4.78 is 58.6. The molecule has 0 bridgehead atoms. The zero-order chi connectivity index (χ0) is 20.5. The topological polar surface area (TPSA) is 110 Å². The van der Waals surface area contributed by atoms with Crippen LogP contribution in [0.2, 0.25) is 5.02 Å². The van der Waals surface area contributed by atoms with Crippen LogP contribution >= 0.6 is 11.6 Å². The van der Waals surface area contributed by atoms with Crippen LogP contribution in [0.25, 0.3) is 0 Å². The maximum Gasteiger partial charge on any atom is 0.265 e. The number of rotatable bonds is 6. The number of ether oxygens (including phenoxy) is 1. The van der Waals surface area contributed by atoms with Crippen molar-refractivity contribution in [3.63, 3.8) is 0 Å². The van der Waals surface area contributed by atoms with E-state index in [1.165, 1.54) is 36.4 Å². The van der Waals surface area contributed by atoms with Crippen molar-refractivity contribution in [3.05, 3.63) is 47.5 Å². The second kappa shape index (κ2) is 7.61. The van der Waals surface area contributed by atoms with Crippen LogP contribution in [-0.4, -0.2) is 35.1 Å². The third-order valence-electron chi connectivity index (χ3n) is 3.93. The molecule has 150 valence electrons. The molecule has 0 radical (unpaired) electrons. The van der Waals surface area contributed by atoms with E-state index >= 15 is 0 Å². The Balaban J connectivity index is 2.07. The van der Waals surface area contributed by atoms with Gasteiger partial charge in [0.1, 0.15) is 10.6 Å². The van der Waals surface area contributed by atoms with Gasteiger partial charge in [-0.1, -0.05) is 11.6 Å². The van der Waals surface area contributed by atoms with Gasteiger partial charge in [-0.05, 0) is 49.4 Å². The summed E-state index contributed by atoms with van der Waals surface area (Å²) in [6, 6.07) is 9.80. The van der Waals surface area contributed by atoms with E-state index in [2.05, 4.69) is 4.72 Å². The van der Waals surface area contributed by atoms with Gasteiger partial charge in [0.05, 0.1) is 18.0 Å². The van der Waals surface area contributed by atoms with E-state index in [1.54, 1.807) is 6.92 Å². The molecule has 0 atom stereocenters. The minimum atomic E-state index is -4.14. The Morgan fingerprint density at radius 2 is 1.86 bits per heavy atom. The van der Waals surface area contributed by atoms with E-state index in [4.69, 9.17) is 16.3 Å². The van der Waals surface area contributed by atoms with E-state index in [0.717, 1.165) is 6.07 Å². The number of carbonyl (C=O) groups is 1. The second-order valence-electron chi connectivity index (χ2n) is 5.90. The SMILES string of the molecule is CCOc1ccc(N2C(=O)CCS2(=O)=O)cc1S(=O)(=O)Nc1ccc(Cl)cc1. The summed E-state index contributed by atoms with van der Waals surface area (Å²) >= 11 is 5.81. The zero-order valence-electron chi connectivity index (χ0n) is 14.8. The Kier molecular flexibility index (Phi) is 5.55. The van der Waals surface area contributed by atoms with Crippen molar-refractivity contribution < 1.29 is 26.4 Å². The van der Waals surface area contributed by atoms with E-state index in [9.17, 15) is 21.6 Å². The summed E-state index contributed by atoms with van der Waals surface area (Å²) in [5.41, 5.74) is 0.213. The first kappa shape index (κ1) is 20.4. The molecule has 1 saturated heterocycles. The summed E-state index contributed by atoms with van der Waals surface area (Å²) in [5.74, 6) is -0.889. The molecular formula is C17H17ClN2O6S2. The number of nitrogens with zero attached hydrogens (tertiary/aromatic N) is 1. The number of halogens is 1. The predicted octanol–water partition coefficient (Wildman–Crippen LogP) is 2.61. The van der Waals surface area contributed by atoms with E-state index in [1.807, 2.05) is 0 Å². The molecule has 0 saturated carbocycles. The summed E-state index contributed by atoms with van der Waals surface area (Å²) in [5, 5.41) is 0.442. The van der Waals surface area contributed by atoms with Crippen molar-refractivity contribution in [3.8, 4) is 5.75 Å². The highest BCUT2D eigenvalue weighted by atomic mass is 35.5. The lowest BCUT2D eigenvalue weighted by Gasteiger charge is -2.18. The molecule has 2 aromatic carbocycles. The Morgan fingerprint density at radius 3 is 2.43 bits per heavy atom. The third kappa shape index (κ3) is 4.08. The second-order valence-corrected chi connectivity index (χ2v) is 9.93. The zero-order valence-corrected chi connectivity index (χ0v) is 17.1. The van der Waals surface area contributed by atoms with E-state index < -0.39 is 26.0 Å². The molecule has 1 N–H and O–H groups in total. The van der Waals surface area contributed by atoms with Gasteiger partial charge in [-0.15, -0.1) is 0 Å². The van der Waals surface area contributed by atoms with Crippen LogP contribution in [0, 0.1) is 0 Å². The fourth-order valence-electron chi connectivity index (χ4n) is 2.70. The van der Waals surface area contributed by atoms with Crippen molar-refractivity contribution in [2.75, 3.05) is 21.4 Å². The maximum absolute atomic E-state index is 12.9. The van der Waals surface area contributed by atoms with Crippen molar-refractivity contribution in [1.82, 2.24) is 0 Å². The first-order valence-electron chi connectivity index (χ1n) is 8.25. The highest BCUT2D eigenvalue weighted by Gasteiger charge is 2.37. The minimum absolute atomic E-state index is 0.0387. The van der Waals surface area contributed by atoms with Crippen molar-refractivity contribution >= 4 is 48.9 Å². The molecule has 0 aliphatic carbocycles. The molecule has 2 aromatic rings. The van der Waals surface area contributed by atoms with Crippen molar-refractivity contribution in [2.24, 2.45) is 0 Å². The first-order chi connectivity index (χ1) is 13.1. The number of carbonyl (C=O) groups excluding carboxylic acids is 1. The lowest BCUT2D eigenvalue weighted by atomic mass is 10.3. The summed E-state index contributed by atoms with van der Waals surface area (Å²) in [6.45, 7) is 1.88. The summed E-state index contributed by atoms with van der Waals surface area (Å²) in [6.07, 6.45) is -0.152. The van der Waals surface area contributed by atoms with Crippen LogP contribution in [0.1, 0.15) is 13.3 Å². The number of amides is 1. The van der Waals surface area contributed by atoms with Gasteiger partial charge < -0.3 is 4.74 Å². The number of hydrogen-bond donors (Lipinski definition) is 1. The molecule has 0 unspecified atom stereocenters. The van der Waals surface area contributed by atoms with Crippen molar-refractivity contribution in [1.29, 1.82) is 0 Å². The summed E-state index contributed by atoms with van der Waals surface area (Å²) in [7, 11) is -7.96. The van der Waals surface area contributed by atoms with E-state index in [0.29, 0.717) is 9.33 Å². The van der Waals surface area contributed by atoms with Crippen LogP contribution in [-0.2, 0) is 24.8 Å². The number of benzene rings is 2. The maximum atomic E-state index is 12.9. The number of hydrogen-bond acceptors (Lipinski definition) is 6. The van der Waals surface area contributed by atoms with Gasteiger partial charge in [-0.25, -0.2) is 21.1 Å². The number of anilines is 2. The van der Waals surface area contributed by atoms with Gasteiger partial charge in [0, 0.05) is 17.1 Å². The lowest BCUT2D eigenvalue weighted by Crippen LogP contribution is -2.29. The fourth-order valence-corrected chi connectivity index (χ4v) is 5.51. The lowest BCUT2D eigenvalue weighted by molar-refractivity contribution is -0.116. The van der Waals surface area contributed by atoms with Gasteiger partial charge in [-0.2, -0.15) is 0 Å². The largest absolute Gasteiger partial charge is 0.492 e. The number of nitrogens with one attached hydrogen (secondary N) is 1. The average molecular weight is 445 g/mol. The third-order valence-corrected chi connectivity index (χ3v) is 7.27. The molecule has 1 aliphatic heterocycles. The Hall–Kier alpha value is -2.30. The predicted molar refractivity (Wildman–Crippen MR) is 106 cm³/mol. The average Bonchev–Trinajstić information content (AvgIpc) is 2.90. The molecule has 11 heteroatoms. The number of sulfonamides is 2. The van der Waals surface area contributed by atoms with Gasteiger partial charge in [-0.3, -0.25) is 9.52 Å². The quantitative estimate of drug-likeness (QED) is 0.733. The minimum Gasteiger partial charge on any atom is -0.492 e. The molecule has 1 aliphatic rings. The van der Waals surface area contributed by atoms with Crippen molar-refractivity contribution in [2.45, 2.75) is 18.2 Å². The monoisotopic (exact) mass is 444 g/mol. The Labute approximate surface area is 168 Å². The van der Waals surface area contributed by atoms with Gasteiger partial charge in [0.25, 0.3) is 10.0 Å². The fraction of sp³-hybridized carbons (Fsp3) is 0.235. The van der Waals surface area contributed by atoms with Gasteiger partial charge in [0.15, 0.2) is 0 Å². The van der Waals surface area contributed by atoms with Gasteiger partial charge in [0.2, 0.25) is 15.9 Å². The highest BCUT2D eigenvalue weighted by molar-refractivity contribution is 7.94. The molecule has 0 aromatic heterocycles. The first-order valence-corrected chi connectivity index (χ1v) is 11.7. The van der Waals surface area contributed by atoms with Crippen LogP contribution in [0.3, 0.4) is 0 Å². The summed E-state index contributed by atoms with van der Waals surface area (Å²) in [4.78, 5) is 11.7. The molecule has 8 nitrogen and oxygen atoms in total. The molecule has 1 fully saturated rings. The molecule has 28 heavy (non-hydrogen) atoms. The smallest absolute Gasteiger partial charge is 0.265 e. The molecule has 3 rings (SSSR count). The van der Waals surface area contributed by atoms with Crippen LogP contribution in [0.15, 0.2) is 47.4 Å². The highest BCUT2D eigenvalue weighted by Crippen LogP contribution is 2.33. The molecular weight excluding hydrogens is 428 g/mol. The van der Waals surface area contributed by atoms with Gasteiger partial charge >= 0.3 is 0 Å².